The Morgan fingerprint density at radius 2 is 1.77 bits per heavy atom. The van der Waals surface area contributed by atoms with E-state index >= 15 is 0 Å². The Labute approximate surface area is 152 Å². The van der Waals surface area contributed by atoms with Crippen molar-refractivity contribution in [3.63, 3.8) is 0 Å². The molecule has 0 saturated heterocycles. The Morgan fingerprint density at radius 1 is 1.00 bits per heavy atom. The van der Waals surface area contributed by atoms with Crippen molar-refractivity contribution < 1.29 is 9.13 Å². The van der Waals surface area contributed by atoms with Gasteiger partial charge in [0, 0.05) is 16.4 Å². The number of halogens is 1. The number of aromatic nitrogens is 1. The summed E-state index contributed by atoms with van der Waals surface area (Å²) in [5.41, 5.74) is 10.7. The number of hydrogen-bond donors (Lipinski definition) is 2. The van der Waals surface area contributed by atoms with E-state index in [1.54, 1.807) is 6.07 Å². The highest BCUT2D eigenvalue weighted by molar-refractivity contribution is 5.85. The fourth-order valence-electron chi connectivity index (χ4n) is 4.84. The van der Waals surface area contributed by atoms with Crippen molar-refractivity contribution in [2.75, 3.05) is 6.61 Å². The van der Waals surface area contributed by atoms with Gasteiger partial charge in [0.15, 0.2) is 0 Å². The highest BCUT2D eigenvalue weighted by Gasteiger charge is 2.47. The van der Waals surface area contributed by atoms with E-state index in [1.807, 2.05) is 12.1 Å². The molecule has 3 nitrogen and oxygen atoms in total. The Kier molecular flexibility index (Phi) is 3.49. The van der Waals surface area contributed by atoms with Crippen molar-refractivity contribution >= 4 is 10.9 Å². The largest absolute Gasteiger partial charge is 0.368 e. The zero-order chi connectivity index (χ0) is 17.8. The molecule has 26 heavy (non-hydrogen) atoms. The number of H-pyrrole nitrogens is 1. The molecule has 1 aromatic heterocycles. The molecule has 1 aliphatic heterocycles. The van der Waals surface area contributed by atoms with Crippen LogP contribution in [-0.2, 0) is 22.3 Å². The van der Waals surface area contributed by atoms with Gasteiger partial charge in [-0.25, -0.2) is 4.39 Å². The van der Waals surface area contributed by atoms with Crippen molar-refractivity contribution in [3.05, 3.63) is 71.2 Å². The van der Waals surface area contributed by atoms with E-state index in [2.05, 4.69) is 29.2 Å². The monoisotopic (exact) mass is 350 g/mol. The average molecular weight is 350 g/mol. The van der Waals surface area contributed by atoms with Gasteiger partial charge in [-0.1, -0.05) is 30.3 Å². The molecule has 3 N–H and O–H groups in total. The maximum atomic E-state index is 13.7. The first-order valence-electron chi connectivity index (χ1n) is 9.39. The van der Waals surface area contributed by atoms with E-state index in [0.717, 1.165) is 48.7 Å². The smallest absolute Gasteiger partial charge is 0.123 e. The topological polar surface area (TPSA) is 51.0 Å². The van der Waals surface area contributed by atoms with Crippen molar-refractivity contribution in [1.29, 1.82) is 0 Å². The minimum absolute atomic E-state index is 0.187. The summed E-state index contributed by atoms with van der Waals surface area (Å²) in [5.74, 6) is -0.187. The van der Waals surface area contributed by atoms with Crippen LogP contribution >= 0.6 is 0 Å². The van der Waals surface area contributed by atoms with Crippen molar-refractivity contribution in [3.8, 4) is 0 Å². The lowest BCUT2D eigenvalue weighted by atomic mass is 9.69. The number of ether oxygens (including phenoxy) is 1. The molecule has 1 aliphatic carbocycles. The van der Waals surface area contributed by atoms with E-state index in [4.69, 9.17) is 10.5 Å². The van der Waals surface area contributed by atoms with Crippen molar-refractivity contribution in [2.24, 2.45) is 5.73 Å². The highest BCUT2D eigenvalue weighted by atomic mass is 19.1. The predicted octanol–water partition coefficient (Wildman–Crippen LogP) is 4.50. The fraction of sp³-hybridized carbons (Fsp3) is 0.364. The third-order valence-corrected chi connectivity index (χ3v) is 6.35. The number of nitrogens with two attached hydrogens (primary N) is 1. The van der Waals surface area contributed by atoms with Gasteiger partial charge in [0.25, 0.3) is 0 Å². The molecular weight excluding hydrogens is 327 g/mol. The van der Waals surface area contributed by atoms with Gasteiger partial charge in [-0.3, -0.25) is 0 Å². The average Bonchev–Trinajstić information content (AvgIpc) is 3.05. The zero-order valence-corrected chi connectivity index (χ0v) is 14.7. The summed E-state index contributed by atoms with van der Waals surface area (Å²) in [4.78, 5) is 3.54. The molecule has 0 amide bonds. The van der Waals surface area contributed by atoms with Crippen LogP contribution in [0.1, 0.15) is 42.5 Å². The molecule has 0 unspecified atom stereocenters. The second-order valence-electron chi connectivity index (χ2n) is 7.78. The molecule has 0 atom stereocenters. The van der Waals surface area contributed by atoms with E-state index in [9.17, 15) is 4.39 Å². The SMILES string of the molecule is NC1(c2ccccc2)CCC2(CC1)OCCc1c2[nH]c2ccc(F)cc12. The Morgan fingerprint density at radius 3 is 2.54 bits per heavy atom. The van der Waals surface area contributed by atoms with Crippen LogP contribution in [0.5, 0.6) is 0 Å². The molecular formula is C22H23FN2O. The lowest BCUT2D eigenvalue weighted by Gasteiger charge is -2.46. The molecule has 1 saturated carbocycles. The van der Waals surface area contributed by atoms with Gasteiger partial charge in [0.1, 0.15) is 11.4 Å². The number of fused-ring (bicyclic) bond motifs is 4. The quantitative estimate of drug-likeness (QED) is 0.679. The van der Waals surface area contributed by atoms with Gasteiger partial charge >= 0.3 is 0 Å². The first kappa shape index (κ1) is 16.0. The molecule has 1 spiro atoms. The molecule has 5 rings (SSSR count). The molecule has 4 heteroatoms. The minimum atomic E-state index is -0.319. The van der Waals surface area contributed by atoms with E-state index in [0.29, 0.717) is 6.61 Å². The van der Waals surface area contributed by atoms with E-state index in [1.165, 1.54) is 17.2 Å². The number of aromatic amines is 1. The summed E-state index contributed by atoms with van der Waals surface area (Å²) in [5, 5.41) is 0.996. The highest BCUT2D eigenvalue weighted by Crippen LogP contribution is 2.50. The summed E-state index contributed by atoms with van der Waals surface area (Å²) in [6, 6.07) is 15.4. The minimum Gasteiger partial charge on any atom is -0.368 e. The molecule has 0 radical (unpaired) electrons. The third kappa shape index (κ3) is 2.32. The van der Waals surface area contributed by atoms with E-state index in [-0.39, 0.29) is 17.0 Å². The second-order valence-corrected chi connectivity index (χ2v) is 7.78. The van der Waals surface area contributed by atoms with E-state index < -0.39 is 0 Å². The summed E-state index contributed by atoms with van der Waals surface area (Å²) >= 11 is 0. The molecule has 1 fully saturated rings. The van der Waals surface area contributed by atoms with Crippen molar-refractivity contribution in [1.82, 2.24) is 4.98 Å². The maximum Gasteiger partial charge on any atom is 0.123 e. The summed E-state index contributed by atoms with van der Waals surface area (Å²) < 4.78 is 20.1. The van der Waals surface area contributed by atoms with Crippen LogP contribution < -0.4 is 5.73 Å². The van der Waals surface area contributed by atoms with Crippen molar-refractivity contribution in [2.45, 2.75) is 43.2 Å². The van der Waals surface area contributed by atoms with Crippen LogP contribution in [0.15, 0.2) is 48.5 Å². The van der Waals surface area contributed by atoms with Crippen LogP contribution in [0.4, 0.5) is 4.39 Å². The van der Waals surface area contributed by atoms with Crippen LogP contribution in [0.2, 0.25) is 0 Å². The Balaban J connectivity index is 1.52. The van der Waals surface area contributed by atoms with Gasteiger partial charge in [0.05, 0.1) is 12.3 Å². The molecule has 3 aromatic rings. The first-order valence-corrected chi connectivity index (χ1v) is 9.39. The van der Waals surface area contributed by atoms with Gasteiger partial charge < -0.3 is 15.5 Å². The predicted molar refractivity (Wildman–Crippen MR) is 100 cm³/mol. The number of benzene rings is 2. The van der Waals surface area contributed by atoms with Crippen LogP contribution in [0.25, 0.3) is 10.9 Å². The zero-order valence-electron chi connectivity index (χ0n) is 14.7. The van der Waals surface area contributed by atoms with Gasteiger partial charge in [-0.05, 0) is 61.4 Å². The standard InChI is InChI=1S/C22H23FN2O/c23-16-6-7-19-18(14-16)17-8-13-26-22(20(17)25-19)11-9-21(24,10-12-22)15-4-2-1-3-5-15/h1-7,14,25H,8-13,24H2. The molecule has 0 bridgehead atoms. The first-order chi connectivity index (χ1) is 12.6. The van der Waals surface area contributed by atoms with Crippen LogP contribution in [-0.4, -0.2) is 11.6 Å². The van der Waals surface area contributed by atoms with Crippen LogP contribution in [0, 0.1) is 5.82 Å². The van der Waals surface area contributed by atoms with Gasteiger partial charge in [0.2, 0.25) is 0 Å². The second kappa shape index (κ2) is 5.66. The molecule has 2 heterocycles. The molecule has 2 aromatic carbocycles. The summed E-state index contributed by atoms with van der Waals surface area (Å²) in [6.45, 7) is 0.680. The lowest BCUT2D eigenvalue weighted by Crippen LogP contribution is -2.48. The maximum absolute atomic E-state index is 13.7. The Hall–Kier alpha value is -2.17. The Bertz CT molecular complexity index is 955. The lowest BCUT2D eigenvalue weighted by molar-refractivity contribution is -0.0984. The number of hydrogen-bond acceptors (Lipinski definition) is 2. The summed E-state index contributed by atoms with van der Waals surface area (Å²) in [7, 11) is 0. The number of nitrogens with one attached hydrogen (secondary N) is 1. The normalized spacial score (nSPS) is 28.4. The van der Waals surface area contributed by atoms with Crippen LogP contribution in [0.3, 0.4) is 0 Å². The molecule has 134 valence electrons. The fourth-order valence-corrected chi connectivity index (χ4v) is 4.84. The van der Waals surface area contributed by atoms with Gasteiger partial charge in [-0.2, -0.15) is 0 Å². The number of rotatable bonds is 1. The third-order valence-electron chi connectivity index (χ3n) is 6.35. The van der Waals surface area contributed by atoms with Gasteiger partial charge in [-0.15, -0.1) is 0 Å². The summed E-state index contributed by atoms with van der Waals surface area (Å²) in [6.07, 6.45) is 4.33. The molecule has 2 aliphatic rings.